The van der Waals surface area contributed by atoms with Gasteiger partial charge in [-0.2, -0.15) is 0 Å². The van der Waals surface area contributed by atoms with E-state index in [1.807, 2.05) is 31.1 Å². The lowest BCUT2D eigenvalue weighted by molar-refractivity contribution is 0.102. The van der Waals surface area contributed by atoms with Crippen LogP contribution in [0.25, 0.3) is 0 Å². The molecule has 5 heteroatoms. The summed E-state index contributed by atoms with van der Waals surface area (Å²) in [5.41, 5.74) is 1.24. The molecule has 5 nitrogen and oxygen atoms in total. The van der Waals surface area contributed by atoms with Crippen molar-refractivity contribution >= 4 is 17.4 Å². The molecule has 0 aliphatic heterocycles. The summed E-state index contributed by atoms with van der Waals surface area (Å²) >= 11 is 0. The van der Waals surface area contributed by atoms with E-state index in [9.17, 15) is 4.79 Å². The monoisotopic (exact) mass is 242 g/mol. The summed E-state index contributed by atoms with van der Waals surface area (Å²) in [5.74, 6) is 0.675. The Morgan fingerprint density at radius 3 is 2.44 bits per heavy atom. The van der Waals surface area contributed by atoms with Gasteiger partial charge in [-0.05, 0) is 24.3 Å². The number of hydrogen-bond donors (Lipinski definition) is 1. The summed E-state index contributed by atoms with van der Waals surface area (Å²) in [5, 5.41) is 2.78. The zero-order chi connectivity index (χ0) is 13.0. The Balaban J connectivity index is 2.08. The number of amides is 1. The third-order valence-corrected chi connectivity index (χ3v) is 2.41. The third kappa shape index (κ3) is 2.82. The summed E-state index contributed by atoms with van der Waals surface area (Å²) < 4.78 is 0. The van der Waals surface area contributed by atoms with E-state index in [1.165, 1.54) is 0 Å². The fourth-order valence-corrected chi connectivity index (χ4v) is 1.43. The first-order valence-electron chi connectivity index (χ1n) is 5.51. The molecule has 0 saturated carbocycles. The minimum atomic E-state index is -0.170. The summed E-state index contributed by atoms with van der Waals surface area (Å²) in [4.78, 5) is 21.8. The molecule has 2 aromatic heterocycles. The molecule has 0 aromatic carbocycles. The molecule has 0 radical (unpaired) electrons. The number of aromatic nitrogens is 2. The van der Waals surface area contributed by atoms with Crippen molar-refractivity contribution in [3.05, 3.63) is 48.4 Å². The second-order valence-electron chi connectivity index (χ2n) is 3.99. The van der Waals surface area contributed by atoms with Crippen molar-refractivity contribution in [2.24, 2.45) is 0 Å². The van der Waals surface area contributed by atoms with Gasteiger partial charge in [0.05, 0.1) is 11.9 Å². The Morgan fingerprint density at radius 2 is 1.89 bits per heavy atom. The fraction of sp³-hybridized carbons (Fsp3) is 0.154. The Hall–Kier alpha value is -2.43. The van der Waals surface area contributed by atoms with Crippen molar-refractivity contribution in [3.63, 3.8) is 0 Å². The molecule has 0 fully saturated rings. The van der Waals surface area contributed by atoms with Crippen LogP contribution in [0.4, 0.5) is 11.5 Å². The van der Waals surface area contributed by atoms with Crippen LogP contribution in [-0.4, -0.2) is 30.0 Å². The van der Waals surface area contributed by atoms with Crippen molar-refractivity contribution < 1.29 is 4.79 Å². The van der Waals surface area contributed by atoms with Crippen LogP contribution >= 0.6 is 0 Å². The number of rotatable bonds is 3. The molecule has 92 valence electrons. The highest BCUT2D eigenvalue weighted by molar-refractivity contribution is 6.04. The number of carbonyl (C=O) groups is 1. The van der Waals surface area contributed by atoms with Crippen molar-refractivity contribution in [2.75, 3.05) is 24.3 Å². The zero-order valence-corrected chi connectivity index (χ0v) is 10.3. The summed E-state index contributed by atoms with van der Waals surface area (Å²) in [6.07, 6.45) is 4.80. The van der Waals surface area contributed by atoms with E-state index >= 15 is 0 Å². The van der Waals surface area contributed by atoms with Gasteiger partial charge < -0.3 is 10.2 Å². The molecule has 2 aromatic rings. The first-order chi connectivity index (χ1) is 8.66. The minimum absolute atomic E-state index is 0.170. The Morgan fingerprint density at radius 1 is 1.17 bits per heavy atom. The summed E-state index contributed by atoms with van der Waals surface area (Å²) in [7, 11) is 3.83. The van der Waals surface area contributed by atoms with Gasteiger partial charge in [0.25, 0.3) is 5.91 Å². The molecular formula is C13H14N4O. The van der Waals surface area contributed by atoms with Gasteiger partial charge in [0, 0.05) is 32.1 Å². The lowest BCUT2D eigenvalue weighted by atomic mass is 10.2. The van der Waals surface area contributed by atoms with E-state index in [0.717, 1.165) is 5.82 Å². The van der Waals surface area contributed by atoms with E-state index in [4.69, 9.17) is 0 Å². The van der Waals surface area contributed by atoms with Crippen LogP contribution in [-0.2, 0) is 0 Å². The maximum Gasteiger partial charge on any atom is 0.255 e. The number of carbonyl (C=O) groups excluding carboxylic acids is 1. The summed E-state index contributed by atoms with van der Waals surface area (Å²) in [6.45, 7) is 0. The van der Waals surface area contributed by atoms with Crippen LogP contribution in [0.1, 0.15) is 10.4 Å². The molecular weight excluding hydrogens is 228 g/mol. The minimum Gasteiger partial charge on any atom is -0.363 e. The number of pyridine rings is 2. The van der Waals surface area contributed by atoms with Crippen LogP contribution in [0.5, 0.6) is 0 Å². The number of hydrogen-bond acceptors (Lipinski definition) is 4. The van der Waals surface area contributed by atoms with Crippen LogP contribution in [0.3, 0.4) is 0 Å². The maximum atomic E-state index is 11.9. The lowest BCUT2D eigenvalue weighted by Crippen LogP contribution is -2.13. The first kappa shape index (κ1) is 12.0. The number of nitrogens with one attached hydrogen (secondary N) is 1. The van der Waals surface area contributed by atoms with Gasteiger partial charge in [-0.3, -0.25) is 9.78 Å². The average molecular weight is 242 g/mol. The molecule has 2 rings (SSSR count). The van der Waals surface area contributed by atoms with Gasteiger partial charge in [-0.1, -0.05) is 0 Å². The summed E-state index contributed by atoms with van der Waals surface area (Å²) in [6, 6.07) is 7.00. The van der Waals surface area contributed by atoms with Crippen LogP contribution in [0, 0.1) is 0 Å². The van der Waals surface area contributed by atoms with Crippen LogP contribution in [0.2, 0.25) is 0 Å². The highest BCUT2D eigenvalue weighted by Crippen LogP contribution is 2.12. The van der Waals surface area contributed by atoms with E-state index < -0.39 is 0 Å². The van der Waals surface area contributed by atoms with Crippen LogP contribution in [0.15, 0.2) is 42.9 Å². The predicted octanol–water partition coefficient (Wildman–Crippen LogP) is 1.79. The molecule has 2 heterocycles. The third-order valence-electron chi connectivity index (χ3n) is 2.41. The maximum absolute atomic E-state index is 11.9. The fourth-order valence-electron chi connectivity index (χ4n) is 1.43. The molecule has 1 amide bonds. The Labute approximate surface area is 105 Å². The van der Waals surface area contributed by atoms with E-state index in [2.05, 4.69) is 15.3 Å². The van der Waals surface area contributed by atoms with Crippen LogP contribution < -0.4 is 10.2 Å². The lowest BCUT2D eigenvalue weighted by Gasteiger charge is -2.11. The largest absolute Gasteiger partial charge is 0.363 e. The predicted molar refractivity (Wildman–Crippen MR) is 70.8 cm³/mol. The topological polar surface area (TPSA) is 58.1 Å². The van der Waals surface area contributed by atoms with Crippen molar-refractivity contribution in [2.45, 2.75) is 0 Å². The first-order valence-corrected chi connectivity index (χ1v) is 5.51. The van der Waals surface area contributed by atoms with E-state index in [1.54, 1.807) is 30.7 Å². The highest BCUT2D eigenvalue weighted by Gasteiger charge is 2.05. The van der Waals surface area contributed by atoms with E-state index in [0.29, 0.717) is 11.3 Å². The molecule has 0 bridgehead atoms. The number of nitrogens with zero attached hydrogens (tertiary/aromatic N) is 3. The van der Waals surface area contributed by atoms with Crippen molar-refractivity contribution in [1.82, 2.24) is 9.97 Å². The SMILES string of the molecule is CN(C)c1ccc(NC(=O)c2ccncc2)cn1. The second kappa shape index (κ2) is 5.27. The zero-order valence-electron chi connectivity index (χ0n) is 10.3. The standard InChI is InChI=1S/C13H14N4O/c1-17(2)12-4-3-11(9-15-12)16-13(18)10-5-7-14-8-6-10/h3-9H,1-2H3,(H,16,18). The van der Waals surface area contributed by atoms with Gasteiger partial charge in [0.1, 0.15) is 5.82 Å². The molecule has 1 N–H and O–H groups in total. The average Bonchev–Trinajstić information content (AvgIpc) is 2.40. The van der Waals surface area contributed by atoms with E-state index in [-0.39, 0.29) is 5.91 Å². The van der Waals surface area contributed by atoms with Gasteiger partial charge >= 0.3 is 0 Å². The molecule has 0 aliphatic carbocycles. The molecule has 0 saturated heterocycles. The second-order valence-corrected chi connectivity index (χ2v) is 3.99. The van der Waals surface area contributed by atoms with Gasteiger partial charge in [-0.25, -0.2) is 4.98 Å². The molecule has 0 spiro atoms. The molecule has 18 heavy (non-hydrogen) atoms. The normalized spacial score (nSPS) is 9.89. The quantitative estimate of drug-likeness (QED) is 0.891. The van der Waals surface area contributed by atoms with Crippen molar-refractivity contribution in [1.29, 1.82) is 0 Å². The number of anilines is 2. The Bertz CT molecular complexity index is 522. The van der Waals surface area contributed by atoms with Crippen molar-refractivity contribution in [3.8, 4) is 0 Å². The molecule has 0 atom stereocenters. The molecule has 0 unspecified atom stereocenters. The van der Waals surface area contributed by atoms with Gasteiger partial charge in [0.2, 0.25) is 0 Å². The Kier molecular flexibility index (Phi) is 3.52. The van der Waals surface area contributed by atoms with Gasteiger partial charge in [0.15, 0.2) is 0 Å². The van der Waals surface area contributed by atoms with Gasteiger partial charge in [-0.15, -0.1) is 0 Å². The smallest absolute Gasteiger partial charge is 0.255 e. The highest BCUT2D eigenvalue weighted by atomic mass is 16.1. The molecule has 0 aliphatic rings.